The fourth-order valence-corrected chi connectivity index (χ4v) is 5.98. The molecule has 0 aliphatic carbocycles. The van der Waals surface area contributed by atoms with Crippen LogP contribution >= 0.6 is 11.3 Å². The van der Waals surface area contributed by atoms with E-state index in [9.17, 15) is 9.59 Å². The Bertz CT molecular complexity index is 1460. The number of carbonyl (C=O) groups excluding carboxylic acids is 2. The number of ether oxygens (including phenoxy) is 1. The summed E-state index contributed by atoms with van der Waals surface area (Å²) in [7, 11) is 0. The van der Waals surface area contributed by atoms with Crippen LogP contribution in [0.5, 0.6) is 0 Å². The number of nitrogens with zero attached hydrogens (tertiary/aromatic N) is 4. The lowest BCUT2D eigenvalue weighted by atomic mass is 9.96. The average molecular weight is 572 g/mol. The molecular weight excluding hydrogens is 534 g/mol. The number of likely N-dealkylation sites (tertiary alicyclic amines) is 1. The Hall–Kier alpha value is -3.98. The van der Waals surface area contributed by atoms with Crippen LogP contribution in [0.4, 0.5) is 16.6 Å². The van der Waals surface area contributed by atoms with Crippen molar-refractivity contribution in [2.75, 3.05) is 29.9 Å². The van der Waals surface area contributed by atoms with Gasteiger partial charge in [0.1, 0.15) is 11.4 Å². The SMILES string of the molecule is C[C@H](Nc1nccc(N(CC2CCN(C(=O)OC(C)(C)C)CC2)C(=O)c2cc3ccccc3s2)n1)c1ccccc1. The topological polar surface area (TPSA) is 87.7 Å². The first kappa shape index (κ1) is 28.5. The molecule has 5 rings (SSSR count). The normalized spacial score (nSPS) is 15.0. The Labute approximate surface area is 245 Å². The van der Waals surface area contributed by atoms with Crippen molar-refractivity contribution in [3.05, 3.63) is 83.4 Å². The maximum absolute atomic E-state index is 14.0. The fourth-order valence-electron chi connectivity index (χ4n) is 4.97. The van der Waals surface area contributed by atoms with E-state index in [1.807, 2.05) is 69.3 Å². The van der Waals surface area contributed by atoms with Gasteiger partial charge >= 0.3 is 6.09 Å². The Morgan fingerprint density at radius 1 is 1.07 bits per heavy atom. The molecule has 2 aromatic heterocycles. The summed E-state index contributed by atoms with van der Waals surface area (Å²) in [6.07, 6.45) is 2.96. The van der Waals surface area contributed by atoms with Gasteiger partial charge in [-0.1, -0.05) is 48.5 Å². The van der Waals surface area contributed by atoms with E-state index in [2.05, 4.69) is 29.4 Å². The number of carbonyl (C=O) groups is 2. The highest BCUT2D eigenvalue weighted by Gasteiger charge is 2.30. The zero-order valence-corrected chi connectivity index (χ0v) is 24.9. The second kappa shape index (κ2) is 12.3. The third-order valence-corrected chi connectivity index (χ3v) is 8.26. The van der Waals surface area contributed by atoms with Gasteiger partial charge in [-0.15, -0.1) is 11.3 Å². The van der Waals surface area contributed by atoms with Gasteiger partial charge in [0, 0.05) is 30.5 Å². The van der Waals surface area contributed by atoms with E-state index in [1.54, 1.807) is 22.1 Å². The number of thiophene rings is 1. The van der Waals surface area contributed by atoms with Crippen LogP contribution in [0.1, 0.15) is 61.8 Å². The molecule has 1 saturated heterocycles. The minimum Gasteiger partial charge on any atom is -0.444 e. The number of anilines is 2. The number of hydrogen-bond acceptors (Lipinski definition) is 7. The number of fused-ring (bicyclic) bond motifs is 1. The number of benzene rings is 2. The minimum absolute atomic E-state index is 0.00428. The lowest BCUT2D eigenvalue weighted by Crippen LogP contribution is -2.44. The number of hydrogen-bond donors (Lipinski definition) is 1. The van der Waals surface area contributed by atoms with Crippen molar-refractivity contribution in [3.63, 3.8) is 0 Å². The van der Waals surface area contributed by atoms with Gasteiger partial charge in [-0.3, -0.25) is 9.69 Å². The molecule has 4 aromatic rings. The van der Waals surface area contributed by atoms with Gasteiger partial charge in [0.2, 0.25) is 5.95 Å². The number of piperidine rings is 1. The summed E-state index contributed by atoms with van der Waals surface area (Å²) < 4.78 is 6.64. The van der Waals surface area contributed by atoms with E-state index in [4.69, 9.17) is 9.72 Å². The third-order valence-electron chi connectivity index (χ3n) is 7.15. The molecule has 0 saturated carbocycles. The van der Waals surface area contributed by atoms with Crippen LogP contribution in [0.15, 0.2) is 72.9 Å². The van der Waals surface area contributed by atoms with E-state index >= 15 is 0 Å². The highest BCUT2D eigenvalue weighted by atomic mass is 32.1. The molecule has 1 aliphatic heterocycles. The minimum atomic E-state index is -0.530. The highest BCUT2D eigenvalue weighted by molar-refractivity contribution is 7.20. The molecule has 0 bridgehead atoms. The maximum Gasteiger partial charge on any atom is 0.410 e. The van der Waals surface area contributed by atoms with Crippen LogP contribution < -0.4 is 10.2 Å². The quantitative estimate of drug-likeness (QED) is 0.253. The lowest BCUT2D eigenvalue weighted by Gasteiger charge is -2.35. The lowest BCUT2D eigenvalue weighted by molar-refractivity contribution is 0.0185. The molecule has 1 fully saturated rings. The molecule has 1 N–H and O–H groups in total. The van der Waals surface area contributed by atoms with E-state index in [0.717, 1.165) is 28.5 Å². The van der Waals surface area contributed by atoms with Crippen molar-refractivity contribution < 1.29 is 14.3 Å². The number of amides is 2. The van der Waals surface area contributed by atoms with Gasteiger partial charge in [-0.05, 0) is 75.6 Å². The van der Waals surface area contributed by atoms with Crippen LogP contribution in [0, 0.1) is 5.92 Å². The summed E-state index contributed by atoms with van der Waals surface area (Å²) in [5, 5.41) is 4.43. The molecule has 0 radical (unpaired) electrons. The standard InChI is InChI=1S/C32H37N5O3S/c1-22(24-10-6-5-7-11-24)34-30-33-17-14-28(35-30)37(29(38)27-20-25-12-8-9-13-26(25)41-27)21-23-15-18-36(19-16-23)31(39)40-32(2,3)4/h5-14,17,20,22-23H,15-16,18-19,21H2,1-4H3,(H,33,34,35)/t22-/m0/s1. The smallest absolute Gasteiger partial charge is 0.410 e. The highest BCUT2D eigenvalue weighted by Crippen LogP contribution is 2.30. The van der Waals surface area contributed by atoms with Gasteiger partial charge < -0.3 is 15.0 Å². The van der Waals surface area contributed by atoms with Gasteiger partial charge in [-0.25, -0.2) is 9.78 Å². The molecule has 2 aromatic carbocycles. The van der Waals surface area contributed by atoms with E-state index in [0.29, 0.717) is 36.3 Å². The number of rotatable bonds is 7. The molecule has 1 aliphatic rings. The molecule has 9 heteroatoms. The Morgan fingerprint density at radius 3 is 2.49 bits per heavy atom. The molecule has 0 spiro atoms. The number of aromatic nitrogens is 2. The summed E-state index contributed by atoms with van der Waals surface area (Å²) in [4.78, 5) is 40.1. The van der Waals surface area contributed by atoms with E-state index in [1.165, 1.54) is 11.3 Å². The third kappa shape index (κ3) is 7.21. The summed E-state index contributed by atoms with van der Waals surface area (Å²) in [5.74, 6) is 1.15. The van der Waals surface area contributed by atoms with Crippen LogP contribution in [-0.4, -0.2) is 52.1 Å². The van der Waals surface area contributed by atoms with Gasteiger partial charge in [0.25, 0.3) is 5.91 Å². The zero-order valence-electron chi connectivity index (χ0n) is 24.0. The summed E-state index contributed by atoms with van der Waals surface area (Å²) >= 11 is 1.49. The van der Waals surface area contributed by atoms with Crippen molar-refractivity contribution in [1.29, 1.82) is 0 Å². The van der Waals surface area contributed by atoms with Crippen molar-refractivity contribution in [1.82, 2.24) is 14.9 Å². The fraction of sp³-hybridized carbons (Fsp3) is 0.375. The van der Waals surface area contributed by atoms with Gasteiger partial charge in [-0.2, -0.15) is 4.98 Å². The molecular formula is C32H37N5O3S. The van der Waals surface area contributed by atoms with Crippen molar-refractivity contribution in [2.45, 2.75) is 52.2 Å². The first-order chi connectivity index (χ1) is 19.7. The largest absolute Gasteiger partial charge is 0.444 e. The van der Waals surface area contributed by atoms with E-state index in [-0.39, 0.29) is 24.0 Å². The van der Waals surface area contributed by atoms with Gasteiger partial charge in [0.15, 0.2) is 0 Å². The van der Waals surface area contributed by atoms with E-state index < -0.39 is 5.60 Å². The van der Waals surface area contributed by atoms with Crippen molar-refractivity contribution in [2.24, 2.45) is 5.92 Å². The Morgan fingerprint density at radius 2 is 1.78 bits per heavy atom. The molecule has 8 nitrogen and oxygen atoms in total. The summed E-state index contributed by atoms with van der Waals surface area (Å²) in [5.41, 5.74) is 0.592. The van der Waals surface area contributed by atoms with Crippen LogP contribution in [0.2, 0.25) is 0 Å². The molecule has 0 unspecified atom stereocenters. The molecule has 3 heterocycles. The first-order valence-corrected chi connectivity index (χ1v) is 14.9. The zero-order chi connectivity index (χ0) is 29.0. The van der Waals surface area contributed by atoms with Crippen molar-refractivity contribution in [3.8, 4) is 0 Å². The molecule has 41 heavy (non-hydrogen) atoms. The molecule has 2 amide bonds. The molecule has 214 valence electrons. The monoisotopic (exact) mass is 571 g/mol. The predicted octanol–water partition coefficient (Wildman–Crippen LogP) is 7.16. The average Bonchev–Trinajstić information content (AvgIpc) is 3.40. The number of nitrogens with one attached hydrogen (secondary N) is 1. The Kier molecular flexibility index (Phi) is 8.54. The van der Waals surface area contributed by atoms with Gasteiger partial charge in [0.05, 0.1) is 10.9 Å². The van der Waals surface area contributed by atoms with Crippen LogP contribution in [0.3, 0.4) is 0 Å². The molecule has 1 atom stereocenters. The van der Waals surface area contributed by atoms with Crippen LogP contribution in [0.25, 0.3) is 10.1 Å². The first-order valence-electron chi connectivity index (χ1n) is 14.1. The second-order valence-electron chi connectivity index (χ2n) is 11.5. The van der Waals surface area contributed by atoms with Crippen molar-refractivity contribution >= 4 is 45.2 Å². The maximum atomic E-state index is 14.0. The predicted molar refractivity (Wildman–Crippen MR) is 165 cm³/mol. The van der Waals surface area contributed by atoms with Crippen LogP contribution in [-0.2, 0) is 4.74 Å². The summed E-state index contributed by atoms with van der Waals surface area (Å²) in [6, 6.07) is 21.9. The Balaban J connectivity index is 1.36. The second-order valence-corrected chi connectivity index (χ2v) is 12.6. The summed E-state index contributed by atoms with van der Waals surface area (Å²) in [6.45, 7) is 9.37.